The minimum Gasteiger partial charge on any atom is -1.00 e. The zero-order chi connectivity index (χ0) is 6.08. The third kappa shape index (κ3) is 9.39. The van der Waals surface area contributed by atoms with E-state index >= 15 is 0 Å². The molecule has 0 fully saturated rings. The van der Waals surface area contributed by atoms with E-state index < -0.39 is 8.24 Å². The molecule has 5 heteroatoms. The van der Waals surface area contributed by atoms with Gasteiger partial charge in [-0.1, -0.05) is 0 Å². The molecule has 0 rings (SSSR count). The van der Waals surface area contributed by atoms with Gasteiger partial charge in [0.25, 0.3) is 0 Å². The van der Waals surface area contributed by atoms with Gasteiger partial charge in [0.05, 0.1) is 0 Å². The normalized spacial score (nSPS) is 10.1. The van der Waals surface area contributed by atoms with Crippen LogP contribution in [0.25, 0.3) is 0 Å². The molecule has 0 spiro atoms. The van der Waals surface area contributed by atoms with Gasteiger partial charge in [-0.05, 0) is 0 Å². The second-order valence-corrected chi connectivity index (χ2v) is 10.5. The van der Waals surface area contributed by atoms with Crippen LogP contribution in [0.4, 0.5) is 0 Å². The zero-order valence-corrected chi connectivity index (χ0v) is 11.2. The Hall–Kier alpha value is 1.39. The van der Waals surface area contributed by atoms with E-state index in [1.165, 1.54) is 0 Å². The molecule has 9 heavy (non-hydrogen) atoms. The summed E-state index contributed by atoms with van der Waals surface area (Å²) in [7, 11) is 1.30. The van der Waals surface area contributed by atoms with Gasteiger partial charge >= 0.3 is 57.0 Å². The predicted molar refractivity (Wildman–Crippen MR) is 36.9 cm³/mol. The quantitative estimate of drug-likeness (QED) is 0.416. The van der Waals surface area contributed by atoms with E-state index in [-0.39, 0.29) is 24.8 Å². The number of hydrogen-bond donors (Lipinski definition) is 0. The molecular formula is C4H12Cl2GaNSi. The fourth-order valence-corrected chi connectivity index (χ4v) is 0. The summed E-state index contributed by atoms with van der Waals surface area (Å²) in [5, 5.41) is 0. The Morgan fingerprint density at radius 1 is 1.11 bits per heavy atom. The monoisotopic (exact) mass is 241 g/mol. The van der Waals surface area contributed by atoms with E-state index in [9.17, 15) is 0 Å². The SMILES string of the molecule is C[N]([Ga+2])[Si](C)(C)C.[Cl-].[Cl-]. The summed E-state index contributed by atoms with van der Waals surface area (Å²) in [5.74, 6) is 0. The standard InChI is InChI=1S/C4H12NSi.2ClH.Ga/c1-5-6(2,3)4;;;/h1-4H3;2*1H;/q-1;;;+3/p-2. The van der Waals surface area contributed by atoms with Crippen LogP contribution in [0, 0.1) is 0 Å². The fraction of sp³-hybridized carbons (Fsp3) is 1.00. The molecule has 0 aliphatic carbocycles. The first-order valence-corrected chi connectivity index (χ1v) is 6.96. The van der Waals surface area contributed by atoms with Gasteiger partial charge in [0.15, 0.2) is 0 Å². The molecule has 0 radical (unpaired) electrons. The van der Waals surface area contributed by atoms with Crippen LogP contribution < -0.4 is 24.8 Å². The van der Waals surface area contributed by atoms with Crippen molar-refractivity contribution < 1.29 is 24.8 Å². The minimum atomic E-state index is -0.873. The number of nitrogens with zero attached hydrogens (tertiary/aromatic N) is 1. The maximum Gasteiger partial charge on any atom is -1.00 e. The van der Waals surface area contributed by atoms with Gasteiger partial charge in [0, 0.05) is 0 Å². The molecule has 0 saturated heterocycles. The molecule has 1 nitrogen and oxygen atoms in total. The molecule has 0 N–H and O–H groups in total. The summed E-state index contributed by atoms with van der Waals surface area (Å²) in [6.45, 7) is 7.03. The van der Waals surface area contributed by atoms with Crippen molar-refractivity contribution in [3.63, 3.8) is 0 Å². The first-order valence-electron chi connectivity index (χ1n) is 2.43. The molecule has 0 unspecified atom stereocenters. The van der Waals surface area contributed by atoms with Crippen LogP contribution in [0.2, 0.25) is 19.6 Å². The van der Waals surface area contributed by atoms with Crippen molar-refractivity contribution in [2.24, 2.45) is 0 Å². The van der Waals surface area contributed by atoms with Crippen molar-refractivity contribution in [2.45, 2.75) is 19.6 Å². The Morgan fingerprint density at radius 3 is 1.22 bits per heavy atom. The minimum absolute atomic E-state index is 0. The summed E-state index contributed by atoms with van der Waals surface area (Å²) in [6, 6.07) is 0. The molecule has 0 aliphatic heterocycles. The summed E-state index contributed by atoms with van der Waals surface area (Å²) < 4.78 is 2.39. The second kappa shape index (κ2) is 6.13. The van der Waals surface area contributed by atoms with E-state index in [4.69, 9.17) is 0 Å². The van der Waals surface area contributed by atoms with Crippen LogP contribution >= 0.6 is 0 Å². The Balaban J connectivity index is -0.000000180. The van der Waals surface area contributed by atoms with Crippen molar-refractivity contribution in [3.8, 4) is 0 Å². The number of hydrogen-bond acceptors (Lipinski definition) is 1. The molecule has 0 bridgehead atoms. The molecule has 0 aromatic rings. The van der Waals surface area contributed by atoms with Gasteiger partial charge in [-0.3, -0.25) is 0 Å². The van der Waals surface area contributed by atoms with Crippen LogP contribution in [0.15, 0.2) is 0 Å². The molecule has 0 saturated carbocycles. The van der Waals surface area contributed by atoms with Crippen LogP contribution in [0.1, 0.15) is 0 Å². The Labute approximate surface area is 81.7 Å². The summed E-state index contributed by atoms with van der Waals surface area (Å²) in [5.41, 5.74) is 0. The van der Waals surface area contributed by atoms with E-state index in [0.717, 1.165) is 0 Å². The Morgan fingerprint density at radius 2 is 1.22 bits per heavy atom. The number of halogens is 2. The van der Waals surface area contributed by atoms with E-state index in [0.29, 0.717) is 0 Å². The maximum atomic E-state index is 2.39. The van der Waals surface area contributed by atoms with E-state index in [1.807, 2.05) is 0 Å². The van der Waals surface area contributed by atoms with Crippen molar-refractivity contribution >= 4 is 27.1 Å². The molecule has 0 amide bonds. The van der Waals surface area contributed by atoms with Gasteiger partial charge in [-0.25, -0.2) is 0 Å². The van der Waals surface area contributed by atoms with Crippen molar-refractivity contribution in [1.82, 2.24) is 3.27 Å². The zero-order valence-electron chi connectivity index (χ0n) is 6.28. The topological polar surface area (TPSA) is 3.24 Å². The average molecular weight is 243 g/mol. The van der Waals surface area contributed by atoms with Crippen LogP contribution in [-0.2, 0) is 0 Å². The van der Waals surface area contributed by atoms with Gasteiger partial charge in [0.2, 0.25) is 0 Å². The molecule has 0 heterocycles. The first kappa shape index (κ1) is 16.8. The van der Waals surface area contributed by atoms with Crippen molar-refractivity contribution in [1.29, 1.82) is 0 Å². The summed E-state index contributed by atoms with van der Waals surface area (Å²) in [4.78, 5) is 0. The molecule has 0 aromatic heterocycles. The van der Waals surface area contributed by atoms with Crippen molar-refractivity contribution in [3.05, 3.63) is 0 Å². The first-order chi connectivity index (χ1) is 2.94. The van der Waals surface area contributed by atoms with Crippen LogP contribution in [-0.4, -0.2) is 37.4 Å². The molecule has 0 atom stereocenters. The van der Waals surface area contributed by atoms with Gasteiger partial charge in [0.1, 0.15) is 0 Å². The van der Waals surface area contributed by atoms with E-state index in [2.05, 4.69) is 30.0 Å². The van der Waals surface area contributed by atoms with Crippen molar-refractivity contribution in [2.75, 3.05) is 7.05 Å². The smallest absolute Gasteiger partial charge is 1.00 e. The fourth-order valence-electron chi connectivity index (χ4n) is 0. The Kier molecular flexibility index (Phi) is 11.4. The van der Waals surface area contributed by atoms with E-state index in [1.54, 1.807) is 18.8 Å². The molecule has 54 valence electrons. The molecule has 0 aromatic carbocycles. The number of rotatable bonds is 1. The van der Waals surface area contributed by atoms with Gasteiger partial charge in [-0.2, -0.15) is 0 Å². The maximum absolute atomic E-state index is 2.39. The second-order valence-electron chi connectivity index (χ2n) is 2.78. The average Bonchev–Trinajstić information content (AvgIpc) is 1.31. The summed E-state index contributed by atoms with van der Waals surface area (Å²) in [6.07, 6.45) is 0. The molecule has 0 aliphatic rings. The largest absolute Gasteiger partial charge is 1.00 e. The third-order valence-electron chi connectivity index (χ3n) is 1.06. The van der Waals surface area contributed by atoms with Crippen LogP contribution in [0.3, 0.4) is 0 Å². The molecular weight excluding hydrogens is 231 g/mol. The Bertz CT molecular complexity index is 64.1. The predicted octanol–water partition coefficient (Wildman–Crippen LogP) is -5.16. The van der Waals surface area contributed by atoms with Gasteiger partial charge in [-0.15, -0.1) is 0 Å². The van der Waals surface area contributed by atoms with Crippen LogP contribution in [0.5, 0.6) is 0 Å². The van der Waals surface area contributed by atoms with Gasteiger partial charge < -0.3 is 24.8 Å². The third-order valence-corrected chi connectivity index (χ3v) is 8.05. The summed E-state index contributed by atoms with van der Waals surface area (Å²) >= 11 is 1.73.